The highest BCUT2D eigenvalue weighted by atomic mass is 19.4. The molecule has 0 saturated carbocycles. The summed E-state index contributed by atoms with van der Waals surface area (Å²) in [6.45, 7) is 5.01. The molecule has 0 radical (unpaired) electrons. The highest BCUT2D eigenvalue weighted by molar-refractivity contribution is 5.98. The van der Waals surface area contributed by atoms with Crippen LogP contribution in [0.5, 0.6) is 0 Å². The lowest BCUT2D eigenvalue weighted by Gasteiger charge is -2.33. The Morgan fingerprint density at radius 1 is 1.13 bits per heavy atom. The van der Waals surface area contributed by atoms with E-state index in [-0.39, 0.29) is 23.1 Å². The van der Waals surface area contributed by atoms with Crippen LogP contribution in [0, 0.1) is 28.9 Å². The van der Waals surface area contributed by atoms with Crippen molar-refractivity contribution < 1.29 is 36.6 Å². The van der Waals surface area contributed by atoms with Crippen molar-refractivity contribution in [3.05, 3.63) is 53.4 Å². The molecular weight excluding hydrogens is 527 g/mol. The van der Waals surface area contributed by atoms with Crippen LogP contribution >= 0.6 is 0 Å². The predicted molar refractivity (Wildman–Crippen MR) is 130 cm³/mol. The predicted octanol–water partition coefficient (Wildman–Crippen LogP) is 4.73. The topological polar surface area (TPSA) is 132 Å². The first kappa shape index (κ1) is 29.2. The number of Topliss-reactive ketones (excluding diaryl/α,β-unsaturated/α-hetero) is 1. The third-order valence-electron chi connectivity index (χ3n) is 5.67. The lowest BCUT2D eigenvalue weighted by molar-refractivity contribution is -0.192. The molecule has 0 amide bonds. The van der Waals surface area contributed by atoms with Crippen LogP contribution in [0.1, 0.15) is 42.7 Å². The van der Waals surface area contributed by atoms with E-state index >= 15 is 0 Å². The molecule has 0 atom stereocenters. The molecule has 206 valence electrons. The smallest absolute Gasteiger partial charge is 0.475 e. The van der Waals surface area contributed by atoms with Gasteiger partial charge in [-0.05, 0) is 44.9 Å². The van der Waals surface area contributed by atoms with Crippen LogP contribution in [-0.2, 0) is 4.79 Å². The number of hydrogen-bond acceptors (Lipinski definition) is 8. The van der Waals surface area contributed by atoms with Crippen molar-refractivity contribution in [3.8, 4) is 6.07 Å². The molecule has 1 fully saturated rings. The van der Waals surface area contributed by atoms with Crippen LogP contribution in [0.25, 0.3) is 11.0 Å². The average Bonchev–Trinajstić information content (AvgIpc) is 2.88. The minimum absolute atomic E-state index is 0.104. The number of ketones is 1. The van der Waals surface area contributed by atoms with Crippen LogP contribution < -0.4 is 10.2 Å². The van der Waals surface area contributed by atoms with Crippen LogP contribution in [0.2, 0.25) is 0 Å². The number of alkyl halides is 3. The number of carbonyl (C=O) groups is 2. The van der Waals surface area contributed by atoms with Crippen molar-refractivity contribution in [2.75, 3.05) is 23.3 Å². The number of piperidine rings is 1. The molecular formula is C25H23F5N6O3. The van der Waals surface area contributed by atoms with Gasteiger partial charge in [-0.2, -0.15) is 18.4 Å². The second-order valence-corrected chi connectivity index (χ2v) is 8.92. The molecule has 3 heterocycles. The van der Waals surface area contributed by atoms with E-state index in [2.05, 4.69) is 15.3 Å². The number of nitriles is 1. The van der Waals surface area contributed by atoms with Crippen molar-refractivity contribution in [2.24, 2.45) is 5.92 Å². The number of aromatic nitrogens is 3. The highest BCUT2D eigenvalue weighted by Gasteiger charge is 2.38. The van der Waals surface area contributed by atoms with Crippen molar-refractivity contribution in [3.63, 3.8) is 0 Å². The second kappa shape index (κ2) is 12.0. The number of hydrogen-bond donors (Lipinski definition) is 2. The van der Waals surface area contributed by atoms with Gasteiger partial charge in [-0.25, -0.2) is 28.5 Å². The molecule has 14 heteroatoms. The second-order valence-electron chi connectivity index (χ2n) is 8.92. The Labute approximate surface area is 219 Å². The fourth-order valence-electron chi connectivity index (χ4n) is 3.86. The summed E-state index contributed by atoms with van der Waals surface area (Å²) in [7, 11) is 0. The van der Waals surface area contributed by atoms with Gasteiger partial charge in [0.25, 0.3) is 0 Å². The highest BCUT2D eigenvalue weighted by Crippen LogP contribution is 2.31. The molecule has 2 aromatic heterocycles. The number of carboxylic acid groups (broad SMARTS) is 1. The largest absolute Gasteiger partial charge is 0.490 e. The first-order valence-corrected chi connectivity index (χ1v) is 11.7. The van der Waals surface area contributed by atoms with Gasteiger partial charge in [0, 0.05) is 31.1 Å². The van der Waals surface area contributed by atoms with Gasteiger partial charge in [-0.15, -0.1) is 0 Å². The fraction of sp³-hybridized carbons (Fsp3) is 0.360. The summed E-state index contributed by atoms with van der Waals surface area (Å²) in [6.07, 6.45) is -2.59. The van der Waals surface area contributed by atoms with Crippen LogP contribution in [0.15, 0.2) is 30.5 Å². The zero-order valence-electron chi connectivity index (χ0n) is 20.8. The Morgan fingerprint density at radius 3 is 2.33 bits per heavy atom. The number of benzene rings is 1. The third-order valence-corrected chi connectivity index (χ3v) is 5.67. The van der Waals surface area contributed by atoms with E-state index < -0.39 is 29.7 Å². The van der Waals surface area contributed by atoms with Crippen LogP contribution in [0.3, 0.4) is 0 Å². The van der Waals surface area contributed by atoms with Crippen LogP contribution in [-0.4, -0.2) is 57.1 Å². The van der Waals surface area contributed by atoms with Crippen LogP contribution in [0.4, 0.5) is 33.6 Å². The van der Waals surface area contributed by atoms with Crippen molar-refractivity contribution in [1.82, 2.24) is 15.0 Å². The number of carboxylic acids is 1. The average molecular weight is 550 g/mol. The van der Waals surface area contributed by atoms with Gasteiger partial charge in [-0.3, -0.25) is 4.79 Å². The Hall–Kier alpha value is -4.41. The maximum Gasteiger partial charge on any atom is 0.490 e. The van der Waals surface area contributed by atoms with E-state index in [9.17, 15) is 26.7 Å². The maximum absolute atomic E-state index is 14.0. The van der Waals surface area contributed by atoms with Gasteiger partial charge in [0.2, 0.25) is 0 Å². The minimum atomic E-state index is -5.08. The number of rotatable bonds is 5. The monoisotopic (exact) mass is 550 g/mol. The normalized spacial score (nSPS) is 14.0. The summed E-state index contributed by atoms with van der Waals surface area (Å²) in [6, 6.07) is 6.65. The summed E-state index contributed by atoms with van der Waals surface area (Å²) >= 11 is 0. The van der Waals surface area contributed by atoms with Gasteiger partial charge in [0.15, 0.2) is 17.4 Å². The summed E-state index contributed by atoms with van der Waals surface area (Å²) in [5, 5.41) is 19.5. The molecule has 4 rings (SSSR count). The number of carbonyl (C=O) groups excluding carboxylic acids is 1. The minimum Gasteiger partial charge on any atom is -0.475 e. The van der Waals surface area contributed by atoms with E-state index in [1.54, 1.807) is 6.07 Å². The van der Waals surface area contributed by atoms with Gasteiger partial charge >= 0.3 is 12.1 Å². The Bertz CT molecular complexity index is 1420. The SMILES string of the molecule is CC(C)Nc1nc2cc(C#N)ncc2nc1N1CCC(C(=O)c2cc(F)ccc2F)CC1.O=C(O)C(F)(F)F. The summed E-state index contributed by atoms with van der Waals surface area (Å²) in [5.74, 6) is -3.63. The van der Waals surface area contributed by atoms with Crippen molar-refractivity contribution >= 4 is 34.4 Å². The molecule has 39 heavy (non-hydrogen) atoms. The first-order valence-electron chi connectivity index (χ1n) is 11.7. The summed E-state index contributed by atoms with van der Waals surface area (Å²) < 4.78 is 59.3. The van der Waals surface area contributed by atoms with Crippen molar-refractivity contribution in [1.29, 1.82) is 5.26 Å². The van der Waals surface area contributed by atoms with Gasteiger partial charge < -0.3 is 15.3 Å². The molecule has 0 aliphatic carbocycles. The number of pyridine rings is 1. The lowest BCUT2D eigenvalue weighted by atomic mass is 9.88. The number of anilines is 2. The molecule has 1 aromatic carbocycles. The molecule has 2 N–H and O–H groups in total. The zero-order valence-corrected chi connectivity index (χ0v) is 20.8. The van der Waals surface area contributed by atoms with E-state index in [4.69, 9.17) is 20.1 Å². The zero-order chi connectivity index (χ0) is 28.9. The standard InChI is InChI=1S/C23H22F2N6O.C2HF3O2/c1-13(2)28-22-23(30-20-12-27-16(11-26)10-19(20)29-22)31-7-5-14(6-8-31)21(32)17-9-15(24)3-4-18(17)25;3-2(4,5)1(6)7/h3-4,9-10,12-14H,5-8H2,1-2H3,(H,28,29);(H,6,7). The van der Waals surface area contributed by atoms with Gasteiger partial charge in [0.1, 0.15) is 28.9 Å². The van der Waals surface area contributed by atoms with Gasteiger partial charge in [0.05, 0.1) is 17.3 Å². The Balaban J connectivity index is 0.000000532. The van der Waals surface area contributed by atoms with Gasteiger partial charge in [-0.1, -0.05) is 0 Å². The third kappa shape index (κ3) is 7.34. The molecule has 1 saturated heterocycles. The molecule has 3 aromatic rings. The summed E-state index contributed by atoms with van der Waals surface area (Å²) in [4.78, 5) is 37.1. The number of aliphatic carboxylic acids is 1. The maximum atomic E-state index is 14.0. The van der Waals surface area contributed by atoms with E-state index in [1.807, 2.05) is 24.8 Å². The van der Waals surface area contributed by atoms with Crippen molar-refractivity contribution in [2.45, 2.75) is 38.9 Å². The molecule has 0 unspecified atom stereocenters. The van der Waals surface area contributed by atoms with E-state index in [0.717, 1.165) is 18.2 Å². The number of nitrogens with zero attached hydrogens (tertiary/aromatic N) is 5. The Morgan fingerprint density at radius 2 is 1.77 bits per heavy atom. The quantitative estimate of drug-likeness (QED) is 0.342. The molecule has 1 aliphatic rings. The first-order chi connectivity index (χ1) is 18.3. The molecule has 1 aliphatic heterocycles. The fourth-order valence-corrected chi connectivity index (χ4v) is 3.86. The number of halogens is 5. The number of nitrogens with one attached hydrogen (secondary N) is 1. The molecule has 0 bridgehead atoms. The van der Waals surface area contributed by atoms with E-state index in [1.165, 1.54) is 6.20 Å². The molecule has 9 nitrogen and oxygen atoms in total. The molecule has 0 spiro atoms. The number of fused-ring (bicyclic) bond motifs is 1. The Kier molecular flexibility index (Phi) is 8.95. The lowest BCUT2D eigenvalue weighted by Crippen LogP contribution is -2.37. The summed E-state index contributed by atoms with van der Waals surface area (Å²) in [5.41, 5.74) is 1.19. The van der Waals surface area contributed by atoms with E-state index in [0.29, 0.717) is 48.6 Å².